The molecular formula is C18H22BrN3O2. The highest BCUT2D eigenvalue weighted by atomic mass is 79.9. The van der Waals surface area contributed by atoms with Crippen LogP contribution in [-0.2, 0) is 7.05 Å². The maximum Gasteiger partial charge on any atom is 0.270 e. The molecule has 1 aliphatic heterocycles. The highest BCUT2D eigenvalue weighted by Crippen LogP contribution is 2.16. The summed E-state index contributed by atoms with van der Waals surface area (Å²) in [6.07, 6.45) is 1.91. The third kappa shape index (κ3) is 4.19. The lowest BCUT2D eigenvalue weighted by atomic mass is 10.2. The van der Waals surface area contributed by atoms with Crippen molar-refractivity contribution < 1.29 is 9.53 Å². The van der Waals surface area contributed by atoms with Gasteiger partial charge in [0.25, 0.3) is 5.91 Å². The van der Waals surface area contributed by atoms with Crippen LogP contribution in [0.4, 0.5) is 0 Å². The largest absolute Gasteiger partial charge is 0.492 e. The van der Waals surface area contributed by atoms with Gasteiger partial charge in [-0.3, -0.25) is 9.69 Å². The fourth-order valence-corrected chi connectivity index (χ4v) is 3.41. The molecule has 1 aromatic carbocycles. The highest BCUT2D eigenvalue weighted by molar-refractivity contribution is 9.10. The smallest absolute Gasteiger partial charge is 0.270 e. The lowest BCUT2D eigenvalue weighted by Gasteiger charge is -2.34. The fraction of sp³-hybridized carbons (Fsp3) is 0.389. The number of rotatable bonds is 5. The topological polar surface area (TPSA) is 37.7 Å². The number of aromatic nitrogens is 1. The Morgan fingerprint density at radius 2 is 1.88 bits per heavy atom. The average molecular weight is 392 g/mol. The number of hydrogen-bond acceptors (Lipinski definition) is 3. The van der Waals surface area contributed by atoms with E-state index in [1.807, 2.05) is 59.1 Å². The van der Waals surface area contributed by atoms with Crippen LogP contribution in [0.2, 0.25) is 0 Å². The predicted molar refractivity (Wildman–Crippen MR) is 97.4 cm³/mol. The van der Waals surface area contributed by atoms with Crippen LogP contribution in [0.3, 0.4) is 0 Å². The molecule has 1 amide bonds. The van der Waals surface area contributed by atoms with Crippen molar-refractivity contribution in [3.05, 3.63) is 52.8 Å². The summed E-state index contributed by atoms with van der Waals surface area (Å²) < 4.78 is 8.54. The van der Waals surface area contributed by atoms with E-state index >= 15 is 0 Å². The lowest BCUT2D eigenvalue weighted by Crippen LogP contribution is -2.49. The van der Waals surface area contributed by atoms with E-state index in [9.17, 15) is 4.79 Å². The minimum absolute atomic E-state index is 0.100. The van der Waals surface area contributed by atoms with E-state index in [0.717, 1.165) is 48.6 Å². The number of nitrogens with zero attached hydrogens (tertiary/aromatic N) is 3. The molecule has 128 valence electrons. The van der Waals surface area contributed by atoms with E-state index in [1.54, 1.807) is 0 Å². The van der Waals surface area contributed by atoms with Crippen LogP contribution in [0.15, 0.2) is 47.1 Å². The summed E-state index contributed by atoms with van der Waals surface area (Å²) in [7, 11) is 1.90. The molecule has 0 atom stereocenters. The third-order valence-corrected chi connectivity index (χ3v) is 4.70. The van der Waals surface area contributed by atoms with E-state index in [4.69, 9.17) is 4.74 Å². The van der Waals surface area contributed by atoms with Crippen molar-refractivity contribution in [2.75, 3.05) is 39.3 Å². The standard InChI is InChI=1S/C18H22BrN3O2/c1-20-14-15(19)13-17(20)18(23)22-9-7-21(8-10-22)11-12-24-16-5-3-2-4-6-16/h2-6,13-14H,7-12H2,1H3. The Morgan fingerprint density at radius 1 is 1.17 bits per heavy atom. The van der Waals surface area contributed by atoms with Gasteiger partial charge in [0.2, 0.25) is 0 Å². The summed E-state index contributed by atoms with van der Waals surface area (Å²) in [6.45, 7) is 4.83. The van der Waals surface area contributed by atoms with Crippen molar-refractivity contribution in [1.29, 1.82) is 0 Å². The van der Waals surface area contributed by atoms with Crippen molar-refractivity contribution in [2.24, 2.45) is 7.05 Å². The molecule has 0 radical (unpaired) electrons. The number of carbonyl (C=O) groups is 1. The number of hydrogen-bond donors (Lipinski definition) is 0. The molecule has 0 spiro atoms. The summed E-state index contributed by atoms with van der Waals surface area (Å²) in [6, 6.07) is 11.7. The normalized spacial score (nSPS) is 15.5. The van der Waals surface area contributed by atoms with Crippen LogP contribution in [0.25, 0.3) is 0 Å². The van der Waals surface area contributed by atoms with Crippen molar-refractivity contribution in [3.8, 4) is 5.75 Å². The maximum absolute atomic E-state index is 12.6. The third-order valence-electron chi connectivity index (χ3n) is 4.27. The quantitative estimate of drug-likeness (QED) is 0.785. The molecule has 0 aliphatic carbocycles. The molecule has 3 rings (SSSR count). The number of aryl methyl sites for hydroxylation is 1. The Hall–Kier alpha value is -1.79. The summed E-state index contributed by atoms with van der Waals surface area (Å²) in [5.41, 5.74) is 0.725. The molecular weight excluding hydrogens is 370 g/mol. The maximum atomic E-state index is 12.6. The second-order valence-corrected chi connectivity index (χ2v) is 6.87. The van der Waals surface area contributed by atoms with Gasteiger partial charge in [-0.05, 0) is 34.1 Å². The predicted octanol–water partition coefficient (Wildman–Crippen LogP) is 2.62. The number of amides is 1. The van der Waals surface area contributed by atoms with Gasteiger partial charge >= 0.3 is 0 Å². The first-order valence-electron chi connectivity index (χ1n) is 8.15. The zero-order valence-electron chi connectivity index (χ0n) is 13.8. The van der Waals surface area contributed by atoms with Crippen LogP contribution in [-0.4, -0.2) is 59.6 Å². The molecule has 5 nitrogen and oxygen atoms in total. The molecule has 1 aliphatic rings. The van der Waals surface area contributed by atoms with E-state index in [2.05, 4.69) is 20.8 Å². The highest BCUT2D eigenvalue weighted by Gasteiger charge is 2.23. The van der Waals surface area contributed by atoms with Gasteiger partial charge in [-0.25, -0.2) is 0 Å². The zero-order chi connectivity index (χ0) is 16.9. The molecule has 0 bridgehead atoms. The number of piperazine rings is 1. The summed E-state index contributed by atoms with van der Waals surface area (Å²) in [5.74, 6) is 1.00. The van der Waals surface area contributed by atoms with Crippen LogP contribution < -0.4 is 4.74 Å². The number of carbonyl (C=O) groups excluding carboxylic acids is 1. The molecule has 1 aromatic heterocycles. The monoisotopic (exact) mass is 391 g/mol. The average Bonchev–Trinajstić information content (AvgIpc) is 2.94. The lowest BCUT2D eigenvalue weighted by molar-refractivity contribution is 0.0611. The van der Waals surface area contributed by atoms with Crippen molar-refractivity contribution in [1.82, 2.24) is 14.4 Å². The number of ether oxygens (including phenoxy) is 1. The Labute approximate surface area is 150 Å². The zero-order valence-corrected chi connectivity index (χ0v) is 15.4. The van der Waals surface area contributed by atoms with Gasteiger partial charge in [0, 0.05) is 50.4 Å². The Kier molecular flexibility index (Phi) is 5.58. The van der Waals surface area contributed by atoms with Gasteiger partial charge < -0.3 is 14.2 Å². The first kappa shape index (κ1) is 17.0. The Balaban J connectivity index is 1.44. The SMILES string of the molecule is Cn1cc(Br)cc1C(=O)N1CCN(CCOc2ccccc2)CC1. The molecule has 2 heterocycles. The van der Waals surface area contributed by atoms with Gasteiger partial charge in [-0.15, -0.1) is 0 Å². The summed E-state index contributed by atoms with van der Waals surface area (Å²) in [5, 5.41) is 0. The molecule has 6 heteroatoms. The van der Waals surface area contributed by atoms with Crippen LogP contribution >= 0.6 is 15.9 Å². The van der Waals surface area contributed by atoms with E-state index in [0.29, 0.717) is 6.61 Å². The van der Waals surface area contributed by atoms with Gasteiger partial charge in [-0.1, -0.05) is 18.2 Å². The van der Waals surface area contributed by atoms with Crippen LogP contribution in [0.5, 0.6) is 5.75 Å². The minimum Gasteiger partial charge on any atom is -0.492 e. The molecule has 0 N–H and O–H groups in total. The van der Waals surface area contributed by atoms with Gasteiger partial charge in [-0.2, -0.15) is 0 Å². The van der Waals surface area contributed by atoms with Gasteiger partial charge in [0.15, 0.2) is 0 Å². The first-order valence-corrected chi connectivity index (χ1v) is 8.94. The fourth-order valence-electron chi connectivity index (χ4n) is 2.88. The first-order chi connectivity index (χ1) is 11.6. The number of para-hydroxylation sites is 1. The van der Waals surface area contributed by atoms with Crippen LogP contribution in [0, 0.1) is 0 Å². The molecule has 2 aromatic rings. The minimum atomic E-state index is 0.100. The number of halogens is 1. The molecule has 0 saturated carbocycles. The number of benzene rings is 1. The van der Waals surface area contributed by atoms with E-state index in [-0.39, 0.29) is 5.91 Å². The van der Waals surface area contributed by atoms with E-state index < -0.39 is 0 Å². The van der Waals surface area contributed by atoms with Crippen molar-refractivity contribution in [3.63, 3.8) is 0 Å². The molecule has 1 saturated heterocycles. The van der Waals surface area contributed by atoms with Gasteiger partial charge in [0.1, 0.15) is 18.1 Å². The van der Waals surface area contributed by atoms with Gasteiger partial charge in [0.05, 0.1) is 0 Å². The molecule has 24 heavy (non-hydrogen) atoms. The Bertz CT molecular complexity index is 679. The van der Waals surface area contributed by atoms with Crippen molar-refractivity contribution >= 4 is 21.8 Å². The molecule has 0 unspecified atom stereocenters. The van der Waals surface area contributed by atoms with E-state index in [1.165, 1.54) is 0 Å². The Morgan fingerprint density at radius 3 is 2.50 bits per heavy atom. The van der Waals surface area contributed by atoms with Crippen molar-refractivity contribution in [2.45, 2.75) is 0 Å². The second kappa shape index (κ2) is 7.85. The summed E-state index contributed by atoms with van der Waals surface area (Å²) >= 11 is 3.42. The second-order valence-electron chi connectivity index (χ2n) is 5.95. The summed E-state index contributed by atoms with van der Waals surface area (Å²) in [4.78, 5) is 16.8. The van der Waals surface area contributed by atoms with Crippen LogP contribution in [0.1, 0.15) is 10.5 Å². The molecule has 1 fully saturated rings.